The van der Waals surface area contributed by atoms with Gasteiger partial charge in [0.25, 0.3) is 0 Å². The number of H-pyrrole nitrogens is 2. The van der Waals surface area contributed by atoms with Gasteiger partial charge in [0.2, 0.25) is 11.6 Å². The molecule has 0 aliphatic heterocycles. The topological polar surface area (TPSA) is 166 Å². The number of aromatic nitrogens is 4. The van der Waals surface area contributed by atoms with Crippen molar-refractivity contribution in [1.82, 2.24) is 19.9 Å². The number of fused-ring (bicyclic) bond motifs is 2. The Morgan fingerprint density at radius 1 is 0.833 bits per heavy atom. The number of rotatable bonds is 5. The molecule has 4 aromatic rings. The number of carboxylic acid groups (broad SMARTS) is 2. The summed E-state index contributed by atoms with van der Waals surface area (Å²) in [6.45, 7) is 3.81. The standard InChI is InChI=1S/C20H14N2O4.C6H8N2O2/c1-10(16-9-21-19(22-16)20(25)26)11-6-7-14-15(8-11)18(24)13-5-3-2-4-12(13)17(14)23;1-2-4-3-7-5(8-4)6(9)10/h2-10H,1H3,(H,21,22)(H,25,26);3H,2H2,1H3,(H,7,8)(H,9,10). The summed E-state index contributed by atoms with van der Waals surface area (Å²) in [6, 6.07) is 11.9. The Bertz CT molecular complexity index is 1500. The minimum Gasteiger partial charge on any atom is -0.475 e. The number of aryl methyl sites for hydroxylation is 1. The van der Waals surface area contributed by atoms with Crippen LogP contribution in [0.2, 0.25) is 0 Å². The van der Waals surface area contributed by atoms with Crippen molar-refractivity contribution in [3.05, 3.63) is 106 Å². The number of carbonyl (C=O) groups excluding carboxylic acids is 2. The molecule has 0 bridgehead atoms. The van der Waals surface area contributed by atoms with Gasteiger partial charge in [-0.25, -0.2) is 19.6 Å². The molecule has 10 nitrogen and oxygen atoms in total. The molecule has 0 radical (unpaired) electrons. The lowest BCUT2D eigenvalue weighted by molar-refractivity contribution is 0.0674. The zero-order valence-electron chi connectivity index (χ0n) is 19.4. The Balaban J connectivity index is 0.000000256. The van der Waals surface area contributed by atoms with Gasteiger partial charge in [0.15, 0.2) is 11.6 Å². The first-order chi connectivity index (χ1) is 17.2. The van der Waals surface area contributed by atoms with E-state index in [9.17, 15) is 19.2 Å². The predicted molar refractivity (Wildman–Crippen MR) is 128 cm³/mol. The summed E-state index contributed by atoms with van der Waals surface area (Å²) in [5.41, 5.74) is 3.85. The van der Waals surface area contributed by atoms with Crippen molar-refractivity contribution in [3.8, 4) is 0 Å². The summed E-state index contributed by atoms with van der Waals surface area (Å²) in [7, 11) is 0. The first-order valence-electron chi connectivity index (χ1n) is 11.1. The smallest absolute Gasteiger partial charge is 0.371 e. The van der Waals surface area contributed by atoms with Gasteiger partial charge in [0.05, 0.1) is 0 Å². The molecule has 2 heterocycles. The molecule has 36 heavy (non-hydrogen) atoms. The fourth-order valence-electron chi connectivity index (χ4n) is 3.88. The third kappa shape index (κ3) is 4.56. The number of hydrogen-bond donors (Lipinski definition) is 4. The van der Waals surface area contributed by atoms with Crippen LogP contribution in [0.25, 0.3) is 0 Å². The summed E-state index contributed by atoms with van der Waals surface area (Å²) >= 11 is 0. The van der Waals surface area contributed by atoms with Crippen LogP contribution < -0.4 is 0 Å². The molecule has 0 fully saturated rings. The molecule has 0 amide bonds. The number of aromatic carboxylic acids is 2. The zero-order chi connectivity index (χ0) is 26.0. The third-order valence-electron chi connectivity index (χ3n) is 5.93. The van der Waals surface area contributed by atoms with Crippen molar-refractivity contribution in [2.75, 3.05) is 0 Å². The van der Waals surface area contributed by atoms with Gasteiger partial charge >= 0.3 is 11.9 Å². The van der Waals surface area contributed by atoms with Crippen molar-refractivity contribution in [1.29, 1.82) is 0 Å². The normalized spacial score (nSPS) is 12.7. The lowest BCUT2D eigenvalue weighted by Gasteiger charge is -2.19. The number of benzene rings is 2. The fourth-order valence-corrected chi connectivity index (χ4v) is 3.88. The van der Waals surface area contributed by atoms with Crippen LogP contribution in [0.4, 0.5) is 0 Å². The molecule has 0 saturated carbocycles. The van der Waals surface area contributed by atoms with Crippen LogP contribution in [0, 0.1) is 0 Å². The van der Waals surface area contributed by atoms with Crippen LogP contribution in [-0.2, 0) is 6.42 Å². The maximum absolute atomic E-state index is 12.8. The lowest BCUT2D eigenvalue weighted by Crippen LogP contribution is -2.21. The molecule has 5 rings (SSSR count). The summed E-state index contributed by atoms with van der Waals surface area (Å²) < 4.78 is 0. The predicted octanol–water partition coefficient (Wildman–Crippen LogP) is 3.71. The maximum Gasteiger partial charge on any atom is 0.371 e. The Morgan fingerprint density at radius 2 is 1.39 bits per heavy atom. The number of carbonyl (C=O) groups is 4. The van der Waals surface area contributed by atoms with Crippen LogP contribution >= 0.6 is 0 Å². The van der Waals surface area contributed by atoms with E-state index >= 15 is 0 Å². The first-order valence-corrected chi connectivity index (χ1v) is 11.1. The second kappa shape index (κ2) is 9.79. The largest absolute Gasteiger partial charge is 0.475 e. The monoisotopic (exact) mass is 486 g/mol. The van der Waals surface area contributed by atoms with Gasteiger partial charge in [-0.3, -0.25) is 9.59 Å². The van der Waals surface area contributed by atoms with E-state index in [1.807, 2.05) is 13.8 Å². The molecule has 4 N–H and O–H groups in total. The Hall–Kier alpha value is -4.86. The van der Waals surface area contributed by atoms with Crippen LogP contribution in [0.3, 0.4) is 0 Å². The number of aromatic amines is 2. The average Bonchev–Trinajstić information content (AvgIpc) is 3.57. The van der Waals surface area contributed by atoms with E-state index in [0.29, 0.717) is 27.9 Å². The summed E-state index contributed by atoms with van der Waals surface area (Å²) in [4.78, 5) is 59.6. The average molecular weight is 486 g/mol. The lowest BCUT2D eigenvalue weighted by atomic mass is 9.82. The third-order valence-corrected chi connectivity index (χ3v) is 5.93. The van der Waals surface area contributed by atoms with E-state index in [4.69, 9.17) is 10.2 Å². The Labute approximate surface area is 205 Å². The van der Waals surface area contributed by atoms with Crippen LogP contribution in [0.15, 0.2) is 54.9 Å². The molecule has 10 heteroatoms. The highest BCUT2D eigenvalue weighted by atomic mass is 16.4. The second-order valence-corrected chi connectivity index (χ2v) is 8.14. The molecule has 0 saturated heterocycles. The minimum absolute atomic E-state index is 0.0110. The number of nitrogens with zero attached hydrogens (tertiary/aromatic N) is 2. The molecule has 1 unspecified atom stereocenters. The van der Waals surface area contributed by atoms with Crippen molar-refractivity contribution in [2.45, 2.75) is 26.2 Å². The van der Waals surface area contributed by atoms with E-state index < -0.39 is 11.9 Å². The van der Waals surface area contributed by atoms with E-state index in [2.05, 4.69) is 19.9 Å². The van der Waals surface area contributed by atoms with Crippen molar-refractivity contribution < 1.29 is 29.4 Å². The molecule has 1 aliphatic rings. The highest BCUT2D eigenvalue weighted by Crippen LogP contribution is 2.31. The number of hydrogen-bond acceptors (Lipinski definition) is 6. The van der Waals surface area contributed by atoms with Crippen molar-refractivity contribution >= 4 is 23.5 Å². The van der Waals surface area contributed by atoms with Crippen LogP contribution in [-0.4, -0.2) is 53.7 Å². The van der Waals surface area contributed by atoms with E-state index in [0.717, 1.165) is 17.7 Å². The highest BCUT2D eigenvalue weighted by molar-refractivity contribution is 6.28. The zero-order valence-corrected chi connectivity index (χ0v) is 19.4. The van der Waals surface area contributed by atoms with Gasteiger partial charge in [0.1, 0.15) is 0 Å². The van der Waals surface area contributed by atoms with Crippen LogP contribution in [0.5, 0.6) is 0 Å². The first kappa shape index (κ1) is 24.3. The highest BCUT2D eigenvalue weighted by Gasteiger charge is 2.30. The molecule has 0 spiro atoms. The Kier molecular flexibility index (Phi) is 6.60. The fraction of sp³-hybridized carbons (Fsp3) is 0.154. The van der Waals surface area contributed by atoms with Gasteiger partial charge in [-0.2, -0.15) is 0 Å². The van der Waals surface area contributed by atoms with Gasteiger partial charge < -0.3 is 20.2 Å². The van der Waals surface area contributed by atoms with Crippen molar-refractivity contribution in [3.63, 3.8) is 0 Å². The number of imidazole rings is 2. The molecule has 2 aromatic heterocycles. The van der Waals surface area contributed by atoms with E-state index in [1.54, 1.807) is 42.5 Å². The molecular formula is C26H22N4O6. The second-order valence-electron chi connectivity index (χ2n) is 8.14. The van der Waals surface area contributed by atoms with Gasteiger partial charge in [-0.15, -0.1) is 0 Å². The van der Waals surface area contributed by atoms with E-state index in [1.165, 1.54) is 12.4 Å². The number of nitrogens with one attached hydrogen (secondary N) is 2. The SMILES string of the molecule is CC(c1ccc2c(c1)C(=O)c1ccccc1C2=O)c1cnc(C(=O)O)[nH]1.CCc1cnc(C(=O)O)[nH]1. The molecule has 1 aliphatic carbocycles. The number of carboxylic acids is 2. The summed E-state index contributed by atoms with van der Waals surface area (Å²) in [5.74, 6) is -2.82. The maximum atomic E-state index is 12.8. The quantitative estimate of drug-likeness (QED) is 0.292. The summed E-state index contributed by atoms with van der Waals surface area (Å²) in [5, 5.41) is 17.4. The van der Waals surface area contributed by atoms with E-state index in [-0.39, 0.29) is 29.1 Å². The summed E-state index contributed by atoms with van der Waals surface area (Å²) in [6.07, 6.45) is 3.78. The van der Waals surface area contributed by atoms with Gasteiger partial charge in [0, 0.05) is 52.0 Å². The molecule has 1 atom stereocenters. The molecular weight excluding hydrogens is 464 g/mol. The van der Waals surface area contributed by atoms with Crippen LogP contribution in [0.1, 0.15) is 89.8 Å². The molecule has 2 aromatic carbocycles. The molecule has 182 valence electrons. The van der Waals surface area contributed by atoms with Crippen molar-refractivity contribution in [2.24, 2.45) is 0 Å². The van der Waals surface area contributed by atoms with Gasteiger partial charge in [-0.05, 0) is 24.1 Å². The minimum atomic E-state index is -1.13. The Morgan fingerprint density at radius 3 is 1.92 bits per heavy atom. The van der Waals surface area contributed by atoms with Gasteiger partial charge in [-0.1, -0.05) is 44.2 Å². The number of ketones is 2.